The average molecular weight is 332 g/mol. The Bertz CT molecular complexity index is 375. The van der Waals surface area contributed by atoms with Gasteiger partial charge >= 0.3 is 0 Å². The lowest BCUT2D eigenvalue weighted by Crippen LogP contribution is -2.15. The van der Waals surface area contributed by atoms with E-state index in [1.165, 1.54) is 9.13 Å². The van der Waals surface area contributed by atoms with Gasteiger partial charge in [0, 0.05) is 9.13 Å². The molecule has 0 aliphatic heterocycles. The van der Waals surface area contributed by atoms with Crippen LogP contribution in [0.4, 0.5) is 0 Å². The lowest BCUT2D eigenvalue weighted by Gasteiger charge is -2.24. The number of hydrogen-bond donors (Lipinski definition) is 1. The molecule has 0 aliphatic carbocycles. The van der Waals surface area contributed by atoms with Crippen molar-refractivity contribution in [1.82, 2.24) is 0 Å². The number of aromatic hydroxyl groups is 1. The summed E-state index contributed by atoms with van der Waals surface area (Å²) in [5.41, 5.74) is 2.41. The van der Waals surface area contributed by atoms with Gasteiger partial charge in [0.25, 0.3) is 0 Å². The second-order valence-corrected chi connectivity index (χ2v) is 6.86. The van der Waals surface area contributed by atoms with E-state index in [-0.39, 0.29) is 5.41 Å². The minimum atomic E-state index is -0.00635. The summed E-state index contributed by atoms with van der Waals surface area (Å²) < 4.78 is 1.22. The number of rotatable bonds is 2. The summed E-state index contributed by atoms with van der Waals surface area (Å²) in [6, 6.07) is 3.88. The van der Waals surface area contributed by atoms with Crippen molar-refractivity contribution in [2.45, 2.75) is 46.5 Å². The molecule has 0 amide bonds. The summed E-state index contributed by atoms with van der Waals surface area (Å²) in [5, 5.41) is 9.98. The van der Waals surface area contributed by atoms with E-state index >= 15 is 0 Å². The van der Waals surface area contributed by atoms with Crippen LogP contribution in [0.3, 0.4) is 0 Å². The quantitative estimate of drug-likeness (QED) is 0.791. The molecular weight excluding hydrogens is 311 g/mol. The van der Waals surface area contributed by atoms with Crippen LogP contribution in [-0.2, 0) is 11.8 Å². The molecule has 0 saturated carbocycles. The van der Waals surface area contributed by atoms with Gasteiger partial charge < -0.3 is 5.11 Å². The number of halogens is 1. The number of phenols is 1. The molecule has 0 atom stereocenters. The van der Waals surface area contributed by atoms with E-state index in [4.69, 9.17) is 0 Å². The van der Waals surface area contributed by atoms with Gasteiger partial charge in [-0.05, 0) is 52.0 Å². The zero-order valence-electron chi connectivity index (χ0n) is 10.8. The Hall–Kier alpha value is -0.250. The van der Waals surface area contributed by atoms with Gasteiger partial charge in [-0.1, -0.05) is 40.7 Å². The van der Waals surface area contributed by atoms with Crippen LogP contribution in [0.1, 0.15) is 45.7 Å². The van der Waals surface area contributed by atoms with Crippen molar-refractivity contribution >= 4 is 22.6 Å². The van der Waals surface area contributed by atoms with E-state index in [1.807, 2.05) is 12.1 Å². The molecular formula is C14H21IO. The molecule has 0 spiro atoms. The van der Waals surface area contributed by atoms with Gasteiger partial charge in [-0.3, -0.25) is 0 Å². The van der Waals surface area contributed by atoms with Gasteiger partial charge in [0.05, 0.1) is 0 Å². The zero-order valence-corrected chi connectivity index (χ0v) is 12.9. The van der Waals surface area contributed by atoms with E-state index in [2.05, 4.69) is 57.2 Å². The maximum Gasteiger partial charge on any atom is 0.120 e. The molecule has 0 radical (unpaired) electrons. The third-order valence-corrected chi connectivity index (χ3v) is 3.81. The highest BCUT2D eigenvalue weighted by atomic mass is 127. The predicted molar refractivity (Wildman–Crippen MR) is 78.1 cm³/mol. The van der Waals surface area contributed by atoms with Crippen molar-refractivity contribution in [3.8, 4) is 5.75 Å². The number of phenolic OH excluding ortho intramolecular Hbond substituents is 1. The summed E-state index contributed by atoms with van der Waals surface area (Å²) in [4.78, 5) is 0. The Morgan fingerprint density at radius 2 is 1.81 bits per heavy atom. The minimum Gasteiger partial charge on any atom is -0.508 e. The first-order chi connectivity index (χ1) is 7.23. The fourth-order valence-electron chi connectivity index (χ4n) is 1.92. The molecule has 1 rings (SSSR count). The monoisotopic (exact) mass is 332 g/mol. The molecule has 0 aliphatic rings. The van der Waals surface area contributed by atoms with Crippen molar-refractivity contribution in [2.24, 2.45) is 5.92 Å². The van der Waals surface area contributed by atoms with Gasteiger partial charge in [-0.25, -0.2) is 0 Å². The largest absolute Gasteiger partial charge is 0.508 e. The molecule has 2 heteroatoms. The molecule has 1 N–H and O–H groups in total. The van der Waals surface area contributed by atoms with Crippen LogP contribution in [0.15, 0.2) is 12.1 Å². The van der Waals surface area contributed by atoms with Crippen molar-refractivity contribution in [1.29, 1.82) is 0 Å². The van der Waals surface area contributed by atoms with E-state index < -0.39 is 0 Å². The Morgan fingerprint density at radius 3 is 2.25 bits per heavy atom. The van der Waals surface area contributed by atoms with Crippen LogP contribution in [0, 0.1) is 9.49 Å². The molecule has 0 fully saturated rings. The molecule has 0 bridgehead atoms. The van der Waals surface area contributed by atoms with Crippen LogP contribution < -0.4 is 0 Å². The topological polar surface area (TPSA) is 20.2 Å². The standard InChI is InChI=1S/C14H21IO/c1-9(2)8-10-6-7-11(16)12(13(10)15)14(3,4)5/h6-7,9,16H,8H2,1-5H3. The Balaban J connectivity index is 3.28. The van der Waals surface area contributed by atoms with Crippen molar-refractivity contribution in [3.63, 3.8) is 0 Å². The Morgan fingerprint density at radius 1 is 1.25 bits per heavy atom. The normalized spacial score (nSPS) is 12.2. The van der Waals surface area contributed by atoms with Crippen LogP contribution in [-0.4, -0.2) is 5.11 Å². The lowest BCUT2D eigenvalue weighted by atomic mass is 9.84. The van der Waals surface area contributed by atoms with E-state index in [0.717, 1.165) is 12.0 Å². The number of hydrogen-bond acceptors (Lipinski definition) is 1. The summed E-state index contributed by atoms with van der Waals surface area (Å²) >= 11 is 2.37. The first kappa shape index (κ1) is 13.8. The Labute approximate surface area is 112 Å². The highest BCUT2D eigenvalue weighted by molar-refractivity contribution is 14.1. The van der Waals surface area contributed by atoms with Gasteiger partial charge in [-0.15, -0.1) is 0 Å². The third kappa shape index (κ3) is 3.12. The maximum atomic E-state index is 9.98. The van der Waals surface area contributed by atoms with Crippen LogP contribution in [0.25, 0.3) is 0 Å². The molecule has 0 heterocycles. The summed E-state index contributed by atoms with van der Waals surface area (Å²) in [6.45, 7) is 10.9. The third-order valence-electron chi connectivity index (χ3n) is 2.58. The van der Waals surface area contributed by atoms with Crippen molar-refractivity contribution in [2.75, 3.05) is 0 Å². The average Bonchev–Trinajstić information content (AvgIpc) is 2.07. The molecule has 1 nitrogen and oxygen atoms in total. The summed E-state index contributed by atoms with van der Waals surface area (Å²) in [7, 11) is 0. The predicted octanol–water partition coefficient (Wildman–Crippen LogP) is 4.49. The molecule has 90 valence electrons. The highest BCUT2D eigenvalue weighted by Crippen LogP contribution is 2.36. The summed E-state index contributed by atoms with van der Waals surface area (Å²) in [6.07, 6.45) is 1.07. The van der Waals surface area contributed by atoms with Crippen molar-refractivity contribution in [3.05, 3.63) is 26.8 Å². The minimum absolute atomic E-state index is 0.00635. The fraction of sp³-hybridized carbons (Fsp3) is 0.571. The van der Waals surface area contributed by atoms with Crippen LogP contribution in [0.2, 0.25) is 0 Å². The van der Waals surface area contributed by atoms with Gasteiger partial charge in [-0.2, -0.15) is 0 Å². The molecule has 16 heavy (non-hydrogen) atoms. The van der Waals surface area contributed by atoms with E-state index in [9.17, 15) is 5.11 Å². The first-order valence-electron chi connectivity index (χ1n) is 5.74. The molecule has 0 aromatic heterocycles. The second-order valence-electron chi connectivity index (χ2n) is 5.78. The van der Waals surface area contributed by atoms with Gasteiger partial charge in [0.1, 0.15) is 5.75 Å². The lowest BCUT2D eigenvalue weighted by molar-refractivity contribution is 0.444. The van der Waals surface area contributed by atoms with E-state index in [1.54, 1.807) is 0 Å². The van der Waals surface area contributed by atoms with Crippen LogP contribution >= 0.6 is 22.6 Å². The second kappa shape index (κ2) is 4.94. The molecule has 0 saturated heterocycles. The smallest absolute Gasteiger partial charge is 0.120 e. The fourth-order valence-corrected chi connectivity index (χ4v) is 3.41. The number of benzene rings is 1. The van der Waals surface area contributed by atoms with Gasteiger partial charge in [0.2, 0.25) is 0 Å². The molecule has 1 aromatic carbocycles. The summed E-state index contributed by atoms with van der Waals surface area (Å²) in [5.74, 6) is 1.07. The SMILES string of the molecule is CC(C)Cc1ccc(O)c(C(C)(C)C)c1I. The van der Waals surface area contributed by atoms with Crippen molar-refractivity contribution < 1.29 is 5.11 Å². The maximum absolute atomic E-state index is 9.98. The highest BCUT2D eigenvalue weighted by Gasteiger charge is 2.23. The van der Waals surface area contributed by atoms with Crippen LogP contribution in [0.5, 0.6) is 5.75 Å². The Kier molecular flexibility index (Phi) is 4.27. The zero-order chi connectivity index (χ0) is 12.5. The van der Waals surface area contributed by atoms with E-state index in [0.29, 0.717) is 11.7 Å². The first-order valence-corrected chi connectivity index (χ1v) is 6.82. The molecule has 0 unspecified atom stereocenters. The van der Waals surface area contributed by atoms with Gasteiger partial charge in [0.15, 0.2) is 0 Å². The molecule has 1 aromatic rings.